The second-order valence-electron chi connectivity index (χ2n) is 5.83. The first-order chi connectivity index (χ1) is 13.1. The van der Waals surface area contributed by atoms with Crippen molar-refractivity contribution < 1.29 is 14.3 Å². The normalized spacial score (nSPS) is 11.7. The summed E-state index contributed by atoms with van der Waals surface area (Å²) in [4.78, 5) is 13.6. The third-order valence-electron chi connectivity index (χ3n) is 3.83. The fourth-order valence-corrected chi connectivity index (χ4v) is 3.61. The molecule has 146 valence electrons. The molecular formula is C21H26ClNO3S. The van der Waals surface area contributed by atoms with Crippen molar-refractivity contribution in [2.24, 2.45) is 0 Å². The van der Waals surface area contributed by atoms with E-state index in [0.29, 0.717) is 30.5 Å². The lowest BCUT2D eigenvalue weighted by Gasteiger charge is -2.16. The molecule has 0 spiro atoms. The number of nitrogens with one attached hydrogen (secondary N) is 1. The molecule has 0 bridgehead atoms. The topological polar surface area (TPSA) is 47.6 Å². The molecule has 0 fully saturated rings. The summed E-state index contributed by atoms with van der Waals surface area (Å²) in [6.45, 7) is 7.47. The van der Waals surface area contributed by atoms with Crippen LogP contribution in [0.2, 0.25) is 5.02 Å². The molecule has 0 unspecified atom stereocenters. The van der Waals surface area contributed by atoms with Crippen molar-refractivity contribution in [2.45, 2.75) is 43.9 Å². The quantitative estimate of drug-likeness (QED) is 0.541. The van der Waals surface area contributed by atoms with Crippen LogP contribution in [-0.4, -0.2) is 24.4 Å². The maximum atomic E-state index is 12.6. The molecular weight excluding hydrogens is 382 g/mol. The smallest absolute Gasteiger partial charge is 0.233 e. The Balaban J connectivity index is 1.98. The number of hydrogen-bond donors (Lipinski definition) is 1. The number of benzene rings is 2. The Morgan fingerprint density at radius 3 is 2.33 bits per heavy atom. The summed E-state index contributed by atoms with van der Waals surface area (Å²) in [6, 6.07) is 13.3. The minimum Gasteiger partial charge on any atom is -0.490 e. The van der Waals surface area contributed by atoms with Crippen molar-refractivity contribution in [3.63, 3.8) is 0 Å². The van der Waals surface area contributed by atoms with Crippen molar-refractivity contribution in [1.82, 2.24) is 5.32 Å². The zero-order valence-electron chi connectivity index (χ0n) is 16.0. The van der Waals surface area contributed by atoms with E-state index in [2.05, 4.69) is 5.32 Å². The van der Waals surface area contributed by atoms with E-state index in [4.69, 9.17) is 21.1 Å². The molecule has 2 aromatic rings. The predicted molar refractivity (Wildman–Crippen MR) is 112 cm³/mol. The third kappa shape index (κ3) is 6.67. The first kappa shape index (κ1) is 21.5. The Labute approximate surface area is 170 Å². The molecule has 0 aliphatic heterocycles. The molecule has 2 rings (SSSR count). The van der Waals surface area contributed by atoms with Gasteiger partial charge >= 0.3 is 0 Å². The Hall–Kier alpha value is -1.85. The van der Waals surface area contributed by atoms with Gasteiger partial charge in [0, 0.05) is 16.5 Å². The standard InChI is InChI=1S/C21H26ClNO3S/c1-4-20(27-17-10-8-16(22)9-11-17)21(24)23-14-15-7-12-18(25-5-2)19(13-15)26-6-3/h7-13,20H,4-6,14H2,1-3H3,(H,23,24)/t20-/m0/s1. The largest absolute Gasteiger partial charge is 0.490 e. The van der Waals surface area contributed by atoms with Crippen LogP contribution >= 0.6 is 23.4 Å². The third-order valence-corrected chi connectivity index (χ3v) is 5.46. The van der Waals surface area contributed by atoms with Crippen LogP contribution in [-0.2, 0) is 11.3 Å². The molecule has 2 aromatic carbocycles. The highest BCUT2D eigenvalue weighted by atomic mass is 35.5. The van der Waals surface area contributed by atoms with E-state index in [1.165, 1.54) is 0 Å². The van der Waals surface area contributed by atoms with Gasteiger partial charge in [0.2, 0.25) is 5.91 Å². The summed E-state index contributed by atoms with van der Waals surface area (Å²) >= 11 is 7.47. The molecule has 1 atom stereocenters. The average molecular weight is 408 g/mol. The summed E-state index contributed by atoms with van der Waals surface area (Å²) in [7, 11) is 0. The number of thioether (sulfide) groups is 1. The molecule has 0 saturated heterocycles. The maximum Gasteiger partial charge on any atom is 0.233 e. The second-order valence-corrected chi connectivity index (χ2v) is 7.55. The molecule has 6 heteroatoms. The van der Waals surface area contributed by atoms with E-state index in [-0.39, 0.29) is 11.2 Å². The SMILES string of the molecule is CCOc1ccc(CNC(=O)[C@H](CC)Sc2ccc(Cl)cc2)cc1OCC. The van der Waals surface area contributed by atoms with Gasteiger partial charge < -0.3 is 14.8 Å². The van der Waals surface area contributed by atoms with Crippen LogP contribution in [0.5, 0.6) is 11.5 Å². The van der Waals surface area contributed by atoms with Crippen LogP contribution in [0, 0.1) is 0 Å². The molecule has 0 heterocycles. The fourth-order valence-electron chi connectivity index (χ4n) is 2.51. The molecule has 0 saturated carbocycles. The predicted octanol–water partition coefficient (Wildman–Crippen LogP) is 5.32. The molecule has 0 aliphatic rings. The Bertz CT molecular complexity index is 737. The van der Waals surface area contributed by atoms with Gasteiger partial charge in [-0.1, -0.05) is 24.6 Å². The fraction of sp³-hybridized carbons (Fsp3) is 0.381. The van der Waals surface area contributed by atoms with Crippen molar-refractivity contribution in [2.75, 3.05) is 13.2 Å². The van der Waals surface area contributed by atoms with Gasteiger partial charge in [-0.3, -0.25) is 4.79 Å². The van der Waals surface area contributed by atoms with Crippen molar-refractivity contribution >= 4 is 29.3 Å². The summed E-state index contributed by atoms with van der Waals surface area (Å²) in [5, 5.41) is 3.56. The maximum absolute atomic E-state index is 12.6. The monoisotopic (exact) mass is 407 g/mol. The number of ether oxygens (including phenoxy) is 2. The lowest BCUT2D eigenvalue weighted by Crippen LogP contribution is -2.31. The molecule has 0 aromatic heterocycles. The number of amides is 1. The summed E-state index contributed by atoms with van der Waals surface area (Å²) in [6.07, 6.45) is 0.743. The van der Waals surface area contributed by atoms with E-state index >= 15 is 0 Å². The number of carbonyl (C=O) groups excluding carboxylic acids is 1. The van der Waals surface area contributed by atoms with E-state index in [9.17, 15) is 4.79 Å². The van der Waals surface area contributed by atoms with Crippen molar-refractivity contribution in [3.05, 3.63) is 53.1 Å². The second kappa shape index (κ2) is 11.1. The van der Waals surface area contributed by atoms with E-state index in [1.807, 2.05) is 63.2 Å². The summed E-state index contributed by atoms with van der Waals surface area (Å²) in [5.74, 6) is 1.44. The van der Waals surface area contributed by atoms with Crippen molar-refractivity contribution in [3.8, 4) is 11.5 Å². The van der Waals surface area contributed by atoms with Crippen molar-refractivity contribution in [1.29, 1.82) is 0 Å². The highest BCUT2D eigenvalue weighted by molar-refractivity contribution is 8.00. The van der Waals surface area contributed by atoms with Crippen LogP contribution in [0.15, 0.2) is 47.4 Å². The highest BCUT2D eigenvalue weighted by Gasteiger charge is 2.18. The molecule has 4 nitrogen and oxygen atoms in total. The lowest BCUT2D eigenvalue weighted by molar-refractivity contribution is -0.120. The molecule has 1 N–H and O–H groups in total. The van der Waals surface area contributed by atoms with Gasteiger partial charge in [0.1, 0.15) is 0 Å². The van der Waals surface area contributed by atoms with Gasteiger partial charge in [-0.25, -0.2) is 0 Å². The minimum absolute atomic E-state index is 0.0179. The Morgan fingerprint density at radius 2 is 1.70 bits per heavy atom. The first-order valence-corrected chi connectivity index (χ1v) is 10.4. The zero-order valence-corrected chi connectivity index (χ0v) is 17.5. The lowest BCUT2D eigenvalue weighted by atomic mass is 10.2. The highest BCUT2D eigenvalue weighted by Crippen LogP contribution is 2.29. The van der Waals surface area contributed by atoms with E-state index in [0.717, 1.165) is 22.6 Å². The van der Waals surface area contributed by atoms with Crippen LogP contribution in [0.4, 0.5) is 0 Å². The van der Waals surface area contributed by atoms with Crippen LogP contribution in [0.1, 0.15) is 32.8 Å². The Kier molecular flexibility index (Phi) is 8.82. The number of carbonyl (C=O) groups is 1. The van der Waals surface area contributed by atoms with Crippen LogP contribution in [0.3, 0.4) is 0 Å². The van der Waals surface area contributed by atoms with E-state index < -0.39 is 0 Å². The Morgan fingerprint density at radius 1 is 1.04 bits per heavy atom. The zero-order chi connectivity index (χ0) is 19.6. The van der Waals surface area contributed by atoms with Crippen LogP contribution < -0.4 is 14.8 Å². The molecule has 27 heavy (non-hydrogen) atoms. The molecule has 0 aliphatic carbocycles. The van der Waals surface area contributed by atoms with Gasteiger partial charge in [0.25, 0.3) is 0 Å². The van der Waals surface area contributed by atoms with Gasteiger partial charge in [-0.05, 0) is 62.2 Å². The molecule has 0 radical (unpaired) electrons. The number of halogens is 1. The van der Waals surface area contributed by atoms with Gasteiger partial charge in [0.05, 0.1) is 18.5 Å². The number of hydrogen-bond acceptors (Lipinski definition) is 4. The average Bonchev–Trinajstić information content (AvgIpc) is 2.67. The summed E-state index contributed by atoms with van der Waals surface area (Å²) in [5.41, 5.74) is 0.974. The minimum atomic E-state index is -0.153. The van der Waals surface area contributed by atoms with Crippen LogP contribution in [0.25, 0.3) is 0 Å². The van der Waals surface area contributed by atoms with Gasteiger partial charge in [-0.15, -0.1) is 11.8 Å². The first-order valence-electron chi connectivity index (χ1n) is 9.15. The molecule has 1 amide bonds. The number of rotatable bonds is 10. The summed E-state index contributed by atoms with van der Waals surface area (Å²) < 4.78 is 11.2. The van der Waals surface area contributed by atoms with Gasteiger partial charge in [0.15, 0.2) is 11.5 Å². The van der Waals surface area contributed by atoms with Gasteiger partial charge in [-0.2, -0.15) is 0 Å². The van der Waals surface area contributed by atoms with E-state index in [1.54, 1.807) is 11.8 Å².